The second-order valence-corrected chi connectivity index (χ2v) is 6.81. The van der Waals surface area contributed by atoms with Gasteiger partial charge in [0, 0.05) is 31.9 Å². The second-order valence-electron chi connectivity index (χ2n) is 6.81. The maximum Gasteiger partial charge on any atom is 0.319 e. The van der Waals surface area contributed by atoms with Crippen molar-refractivity contribution < 1.29 is 14.3 Å². The minimum atomic E-state index is -0.216. The van der Waals surface area contributed by atoms with E-state index in [-0.39, 0.29) is 6.03 Å². The standard InChI is InChI=1S/C22H29N3O3/c1-2-18-5-3-7-20(15-18)24-22(26)23-17-19-6-4-8-21(16-19)28-14-11-25-9-12-27-13-10-25/h3-8,15-16H,2,9-14,17H2,1H3,(H2,23,24,26). The number of rotatable bonds is 8. The number of hydrogen-bond acceptors (Lipinski definition) is 4. The van der Waals surface area contributed by atoms with E-state index in [2.05, 4.69) is 22.5 Å². The summed E-state index contributed by atoms with van der Waals surface area (Å²) in [5.41, 5.74) is 3.00. The summed E-state index contributed by atoms with van der Waals surface area (Å²) in [4.78, 5) is 14.5. The highest BCUT2D eigenvalue weighted by atomic mass is 16.5. The van der Waals surface area contributed by atoms with Crippen molar-refractivity contribution in [2.24, 2.45) is 0 Å². The fraction of sp³-hybridized carbons (Fsp3) is 0.409. The summed E-state index contributed by atoms with van der Waals surface area (Å²) in [6.45, 7) is 7.59. The van der Waals surface area contributed by atoms with Crippen LogP contribution in [0.4, 0.5) is 10.5 Å². The van der Waals surface area contributed by atoms with Crippen molar-refractivity contribution in [1.82, 2.24) is 10.2 Å². The first-order chi connectivity index (χ1) is 13.7. The van der Waals surface area contributed by atoms with Crippen molar-refractivity contribution in [3.05, 3.63) is 59.7 Å². The van der Waals surface area contributed by atoms with E-state index in [4.69, 9.17) is 9.47 Å². The van der Waals surface area contributed by atoms with Gasteiger partial charge < -0.3 is 20.1 Å². The molecule has 1 saturated heterocycles. The van der Waals surface area contributed by atoms with Gasteiger partial charge in [-0.2, -0.15) is 0 Å². The van der Waals surface area contributed by atoms with Crippen LogP contribution < -0.4 is 15.4 Å². The van der Waals surface area contributed by atoms with Crippen molar-refractivity contribution >= 4 is 11.7 Å². The zero-order valence-electron chi connectivity index (χ0n) is 16.4. The Bertz CT molecular complexity index is 760. The van der Waals surface area contributed by atoms with Crippen molar-refractivity contribution in [1.29, 1.82) is 0 Å². The average molecular weight is 383 g/mol. The zero-order valence-corrected chi connectivity index (χ0v) is 16.4. The van der Waals surface area contributed by atoms with Crippen LogP contribution in [0.25, 0.3) is 0 Å². The molecule has 0 aliphatic carbocycles. The summed E-state index contributed by atoms with van der Waals surface area (Å²) in [5.74, 6) is 0.823. The van der Waals surface area contributed by atoms with Crippen LogP contribution in [0, 0.1) is 0 Å². The van der Waals surface area contributed by atoms with Gasteiger partial charge in [0.15, 0.2) is 0 Å². The van der Waals surface area contributed by atoms with Gasteiger partial charge in [-0.1, -0.05) is 31.2 Å². The average Bonchev–Trinajstić information content (AvgIpc) is 2.73. The monoisotopic (exact) mass is 383 g/mol. The molecule has 2 aromatic carbocycles. The Balaban J connectivity index is 1.42. The summed E-state index contributed by atoms with van der Waals surface area (Å²) < 4.78 is 11.2. The number of carbonyl (C=O) groups is 1. The van der Waals surface area contributed by atoms with Gasteiger partial charge in [0.05, 0.1) is 13.2 Å². The lowest BCUT2D eigenvalue weighted by atomic mass is 10.1. The summed E-state index contributed by atoms with van der Waals surface area (Å²) in [6.07, 6.45) is 0.940. The van der Waals surface area contributed by atoms with E-state index in [0.717, 1.165) is 56.3 Å². The Labute approximate surface area is 166 Å². The van der Waals surface area contributed by atoms with Gasteiger partial charge in [-0.25, -0.2) is 4.79 Å². The van der Waals surface area contributed by atoms with Crippen molar-refractivity contribution in [3.63, 3.8) is 0 Å². The van der Waals surface area contributed by atoms with Crippen molar-refractivity contribution in [2.45, 2.75) is 19.9 Å². The van der Waals surface area contributed by atoms with Crippen LogP contribution in [0.1, 0.15) is 18.1 Å². The van der Waals surface area contributed by atoms with Crippen LogP contribution in [-0.4, -0.2) is 50.4 Å². The molecule has 1 fully saturated rings. The number of hydrogen-bond donors (Lipinski definition) is 2. The number of morpholine rings is 1. The zero-order chi connectivity index (χ0) is 19.6. The van der Waals surface area contributed by atoms with E-state index in [0.29, 0.717) is 13.2 Å². The molecule has 6 nitrogen and oxygen atoms in total. The normalized spacial score (nSPS) is 14.5. The fourth-order valence-corrected chi connectivity index (χ4v) is 3.09. The molecule has 0 aromatic heterocycles. The van der Waals surface area contributed by atoms with E-state index in [9.17, 15) is 4.79 Å². The van der Waals surface area contributed by atoms with Crippen LogP contribution in [-0.2, 0) is 17.7 Å². The minimum absolute atomic E-state index is 0.216. The van der Waals surface area contributed by atoms with Crippen molar-refractivity contribution in [2.75, 3.05) is 44.8 Å². The molecule has 0 atom stereocenters. The Hall–Kier alpha value is -2.57. The van der Waals surface area contributed by atoms with E-state index < -0.39 is 0 Å². The molecule has 3 rings (SSSR count). The quantitative estimate of drug-likeness (QED) is 0.734. The lowest BCUT2D eigenvalue weighted by Gasteiger charge is -2.26. The van der Waals surface area contributed by atoms with Crippen LogP contribution >= 0.6 is 0 Å². The smallest absolute Gasteiger partial charge is 0.319 e. The highest BCUT2D eigenvalue weighted by Crippen LogP contribution is 2.14. The molecule has 2 aromatic rings. The topological polar surface area (TPSA) is 62.8 Å². The summed E-state index contributed by atoms with van der Waals surface area (Å²) >= 11 is 0. The van der Waals surface area contributed by atoms with Gasteiger partial charge in [-0.05, 0) is 41.8 Å². The second kappa shape index (κ2) is 10.7. The van der Waals surface area contributed by atoms with Crippen LogP contribution in [0.3, 0.4) is 0 Å². The number of carbonyl (C=O) groups excluding carboxylic acids is 1. The minimum Gasteiger partial charge on any atom is -0.492 e. The first-order valence-electron chi connectivity index (χ1n) is 9.88. The van der Waals surface area contributed by atoms with Gasteiger partial charge in [-0.3, -0.25) is 4.90 Å². The molecule has 0 radical (unpaired) electrons. The van der Waals surface area contributed by atoms with Gasteiger partial charge in [-0.15, -0.1) is 0 Å². The third-order valence-electron chi connectivity index (χ3n) is 4.72. The number of anilines is 1. The van der Waals surface area contributed by atoms with Crippen LogP contribution in [0.5, 0.6) is 5.75 Å². The molecule has 0 bridgehead atoms. The predicted molar refractivity (Wildman–Crippen MR) is 111 cm³/mol. The molecule has 1 aliphatic rings. The number of benzene rings is 2. The molecular weight excluding hydrogens is 354 g/mol. The maximum atomic E-state index is 12.1. The molecule has 6 heteroatoms. The van der Waals surface area contributed by atoms with Gasteiger partial charge >= 0.3 is 6.03 Å². The highest BCUT2D eigenvalue weighted by Gasteiger charge is 2.10. The van der Waals surface area contributed by atoms with Crippen LogP contribution in [0.15, 0.2) is 48.5 Å². The molecular formula is C22H29N3O3. The first kappa shape index (κ1) is 20.2. The Morgan fingerprint density at radius 2 is 1.89 bits per heavy atom. The first-order valence-corrected chi connectivity index (χ1v) is 9.88. The largest absolute Gasteiger partial charge is 0.492 e. The molecule has 150 valence electrons. The summed E-state index contributed by atoms with van der Waals surface area (Å²) in [7, 11) is 0. The van der Waals surface area contributed by atoms with Gasteiger partial charge in [0.2, 0.25) is 0 Å². The molecule has 0 saturated carbocycles. The van der Waals surface area contributed by atoms with E-state index in [1.807, 2.05) is 48.5 Å². The summed E-state index contributed by atoms with van der Waals surface area (Å²) in [6, 6.07) is 15.5. The molecule has 1 heterocycles. The SMILES string of the molecule is CCc1cccc(NC(=O)NCc2cccc(OCCN3CCOCC3)c2)c1. The molecule has 2 N–H and O–H groups in total. The number of aryl methyl sites for hydroxylation is 1. The number of nitrogens with one attached hydrogen (secondary N) is 2. The fourth-order valence-electron chi connectivity index (χ4n) is 3.09. The van der Waals surface area contributed by atoms with Crippen molar-refractivity contribution in [3.8, 4) is 5.75 Å². The molecule has 0 unspecified atom stereocenters. The maximum absolute atomic E-state index is 12.1. The number of nitrogens with zero attached hydrogens (tertiary/aromatic N) is 1. The van der Waals surface area contributed by atoms with E-state index in [1.165, 1.54) is 5.56 Å². The molecule has 1 aliphatic heterocycles. The number of ether oxygens (including phenoxy) is 2. The third-order valence-corrected chi connectivity index (χ3v) is 4.72. The highest BCUT2D eigenvalue weighted by molar-refractivity contribution is 5.89. The Morgan fingerprint density at radius 1 is 1.11 bits per heavy atom. The molecule has 2 amide bonds. The predicted octanol–water partition coefficient (Wildman–Crippen LogP) is 3.28. The number of amides is 2. The van der Waals surface area contributed by atoms with Crippen LogP contribution in [0.2, 0.25) is 0 Å². The molecule has 0 spiro atoms. The third kappa shape index (κ3) is 6.55. The lowest BCUT2D eigenvalue weighted by molar-refractivity contribution is 0.0322. The molecule has 28 heavy (non-hydrogen) atoms. The Kier molecular flexibility index (Phi) is 7.70. The summed E-state index contributed by atoms with van der Waals surface area (Å²) in [5, 5.41) is 5.77. The van der Waals surface area contributed by atoms with Gasteiger partial charge in [0.1, 0.15) is 12.4 Å². The van der Waals surface area contributed by atoms with Gasteiger partial charge in [0.25, 0.3) is 0 Å². The number of urea groups is 1. The Morgan fingerprint density at radius 3 is 2.71 bits per heavy atom. The lowest BCUT2D eigenvalue weighted by Crippen LogP contribution is -2.38. The van der Waals surface area contributed by atoms with E-state index >= 15 is 0 Å². The van der Waals surface area contributed by atoms with E-state index in [1.54, 1.807) is 0 Å².